The van der Waals surface area contributed by atoms with Crippen molar-refractivity contribution in [3.05, 3.63) is 48.0 Å². The van der Waals surface area contributed by atoms with Gasteiger partial charge in [-0.2, -0.15) is 0 Å². The maximum atomic E-state index is 12.7. The summed E-state index contributed by atoms with van der Waals surface area (Å²) in [5.74, 6) is 0.244. The van der Waals surface area contributed by atoms with Crippen molar-refractivity contribution < 1.29 is 9.90 Å². The summed E-state index contributed by atoms with van der Waals surface area (Å²) >= 11 is 0. The van der Waals surface area contributed by atoms with E-state index in [2.05, 4.69) is 48.2 Å². The first kappa shape index (κ1) is 18.9. The average molecular weight is 354 g/mol. The maximum absolute atomic E-state index is 12.7. The molecule has 140 valence electrons. The summed E-state index contributed by atoms with van der Waals surface area (Å²) in [6, 6.07) is 15.1. The van der Waals surface area contributed by atoms with Gasteiger partial charge in [0.15, 0.2) is 0 Å². The molecule has 1 amide bonds. The molecule has 3 rings (SSSR count). The average Bonchev–Trinajstić information content (AvgIpc) is 2.65. The lowest BCUT2D eigenvalue weighted by Gasteiger charge is -2.41. The predicted octanol–water partition coefficient (Wildman–Crippen LogP) is 3.08. The minimum absolute atomic E-state index is 0.244. The van der Waals surface area contributed by atoms with Crippen LogP contribution in [0.15, 0.2) is 42.5 Å². The zero-order valence-electron chi connectivity index (χ0n) is 15.9. The Kier molecular flexibility index (Phi) is 6.28. The van der Waals surface area contributed by atoms with E-state index in [-0.39, 0.29) is 12.0 Å². The molecule has 0 unspecified atom stereocenters. The number of nitrogens with zero attached hydrogens (tertiary/aromatic N) is 2. The number of hydrogen-bond acceptors (Lipinski definition) is 3. The normalized spacial score (nSPS) is 19.7. The largest absolute Gasteiger partial charge is 0.392 e. The molecule has 4 nitrogen and oxygen atoms in total. The van der Waals surface area contributed by atoms with Crippen LogP contribution in [0.5, 0.6) is 0 Å². The van der Waals surface area contributed by atoms with E-state index >= 15 is 0 Å². The van der Waals surface area contributed by atoms with Gasteiger partial charge in [-0.05, 0) is 36.1 Å². The van der Waals surface area contributed by atoms with Crippen molar-refractivity contribution in [1.82, 2.24) is 9.80 Å². The van der Waals surface area contributed by atoms with Crippen molar-refractivity contribution in [2.24, 2.45) is 0 Å². The van der Waals surface area contributed by atoms with Gasteiger partial charge in [-0.15, -0.1) is 0 Å². The van der Waals surface area contributed by atoms with E-state index in [0.717, 1.165) is 32.5 Å². The third kappa shape index (κ3) is 4.63. The van der Waals surface area contributed by atoms with Crippen LogP contribution in [0, 0.1) is 0 Å². The number of carbonyl (C=O) groups excluding carboxylic acids is 1. The SMILES string of the molecule is CC[C@H]1CN(C(=O)CCc2ccc3ccccc3c2)CCN1C[C@@H](C)O. The maximum Gasteiger partial charge on any atom is 0.222 e. The Labute approximate surface area is 156 Å². The first-order valence-corrected chi connectivity index (χ1v) is 9.74. The molecule has 0 radical (unpaired) electrons. The van der Waals surface area contributed by atoms with Crippen molar-refractivity contribution in [2.45, 2.75) is 45.3 Å². The molecule has 0 aliphatic carbocycles. The summed E-state index contributed by atoms with van der Waals surface area (Å²) < 4.78 is 0. The Morgan fingerprint density at radius 1 is 1.19 bits per heavy atom. The number of aliphatic hydroxyl groups excluding tert-OH is 1. The van der Waals surface area contributed by atoms with Crippen molar-refractivity contribution in [3.63, 3.8) is 0 Å². The Morgan fingerprint density at radius 3 is 2.69 bits per heavy atom. The smallest absolute Gasteiger partial charge is 0.222 e. The Hall–Kier alpha value is -1.91. The van der Waals surface area contributed by atoms with Gasteiger partial charge in [0, 0.05) is 38.6 Å². The zero-order valence-corrected chi connectivity index (χ0v) is 15.9. The number of fused-ring (bicyclic) bond motifs is 1. The second-order valence-electron chi connectivity index (χ2n) is 7.43. The van der Waals surface area contributed by atoms with Gasteiger partial charge in [0.05, 0.1) is 6.10 Å². The fourth-order valence-corrected chi connectivity index (χ4v) is 3.89. The number of rotatable bonds is 6. The van der Waals surface area contributed by atoms with Gasteiger partial charge in [-0.1, -0.05) is 49.4 Å². The molecule has 1 aliphatic rings. The molecule has 2 aromatic carbocycles. The molecule has 0 saturated carbocycles. The summed E-state index contributed by atoms with van der Waals surface area (Å²) in [4.78, 5) is 17.0. The Bertz CT molecular complexity index is 744. The van der Waals surface area contributed by atoms with Crippen molar-refractivity contribution >= 4 is 16.7 Å². The highest BCUT2D eigenvalue weighted by molar-refractivity contribution is 5.83. The fourth-order valence-electron chi connectivity index (χ4n) is 3.89. The van der Waals surface area contributed by atoms with Crippen LogP contribution >= 0.6 is 0 Å². The van der Waals surface area contributed by atoms with E-state index in [9.17, 15) is 9.90 Å². The number of aliphatic hydroxyl groups is 1. The predicted molar refractivity (Wildman–Crippen MR) is 106 cm³/mol. The minimum atomic E-state index is -0.320. The van der Waals surface area contributed by atoms with Crippen LogP contribution in [0.1, 0.15) is 32.3 Å². The highest BCUT2D eigenvalue weighted by atomic mass is 16.3. The monoisotopic (exact) mass is 354 g/mol. The molecule has 2 aromatic rings. The molecular formula is C22H30N2O2. The van der Waals surface area contributed by atoms with Crippen LogP contribution in [0.4, 0.5) is 0 Å². The number of amides is 1. The van der Waals surface area contributed by atoms with Crippen LogP contribution < -0.4 is 0 Å². The first-order chi connectivity index (χ1) is 12.6. The van der Waals surface area contributed by atoms with E-state index in [1.807, 2.05) is 17.9 Å². The molecular weight excluding hydrogens is 324 g/mol. The van der Waals surface area contributed by atoms with E-state index in [4.69, 9.17) is 0 Å². The highest BCUT2D eigenvalue weighted by Gasteiger charge is 2.28. The van der Waals surface area contributed by atoms with E-state index in [0.29, 0.717) is 19.0 Å². The topological polar surface area (TPSA) is 43.8 Å². The van der Waals surface area contributed by atoms with Crippen LogP contribution in [-0.4, -0.2) is 59.1 Å². The molecule has 0 spiro atoms. The molecule has 0 aromatic heterocycles. The van der Waals surface area contributed by atoms with Gasteiger partial charge in [0.2, 0.25) is 5.91 Å². The lowest BCUT2D eigenvalue weighted by Crippen LogP contribution is -2.55. The van der Waals surface area contributed by atoms with Gasteiger partial charge < -0.3 is 10.0 Å². The van der Waals surface area contributed by atoms with Crippen molar-refractivity contribution in [1.29, 1.82) is 0 Å². The van der Waals surface area contributed by atoms with Crippen molar-refractivity contribution in [2.75, 3.05) is 26.2 Å². The second-order valence-corrected chi connectivity index (χ2v) is 7.43. The van der Waals surface area contributed by atoms with Gasteiger partial charge in [0.1, 0.15) is 0 Å². The number of aryl methyl sites for hydroxylation is 1. The van der Waals surface area contributed by atoms with Crippen LogP contribution in [0.3, 0.4) is 0 Å². The number of piperazine rings is 1. The minimum Gasteiger partial charge on any atom is -0.392 e. The molecule has 1 fully saturated rings. The summed E-state index contributed by atoms with van der Waals surface area (Å²) in [5, 5.41) is 12.1. The van der Waals surface area contributed by atoms with E-state index in [1.165, 1.54) is 16.3 Å². The van der Waals surface area contributed by atoms with Crippen LogP contribution in [0.2, 0.25) is 0 Å². The molecule has 1 N–H and O–H groups in total. The number of carbonyl (C=O) groups is 1. The Morgan fingerprint density at radius 2 is 1.96 bits per heavy atom. The van der Waals surface area contributed by atoms with Gasteiger partial charge >= 0.3 is 0 Å². The van der Waals surface area contributed by atoms with Gasteiger partial charge in [0.25, 0.3) is 0 Å². The van der Waals surface area contributed by atoms with Crippen molar-refractivity contribution in [3.8, 4) is 0 Å². The first-order valence-electron chi connectivity index (χ1n) is 9.74. The standard InChI is InChI=1S/C22H30N2O2/c1-3-21-16-24(13-12-23(21)15-17(2)25)22(26)11-9-18-8-10-19-6-4-5-7-20(19)14-18/h4-8,10,14,17,21,25H,3,9,11-13,15-16H2,1-2H3/t17-,21+/m1/s1. The highest BCUT2D eigenvalue weighted by Crippen LogP contribution is 2.18. The van der Waals surface area contributed by atoms with Crippen LogP contribution in [0.25, 0.3) is 10.8 Å². The quantitative estimate of drug-likeness (QED) is 0.867. The second kappa shape index (κ2) is 8.65. The molecule has 4 heteroatoms. The summed E-state index contributed by atoms with van der Waals surface area (Å²) in [5.41, 5.74) is 1.22. The third-order valence-corrected chi connectivity index (χ3v) is 5.37. The third-order valence-electron chi connectivity index (χ3n) is 5.37. The zero-order chi connectivity index (χ0) is 18.5. The molecule has 1 heterocycles. The Balaban J connectivity index is 1.56. The molecule has 0 bridgehead atoms. The van der Waals surface area contributed by atoms with E-state index < -0.39 is 0 Å². The molecule has 1 aliphatic heterocycles. The lowest BCUT2D eigenvalue weighted by atomic mass is 10.0. The van der Waals surface area contributed by atoms with Crippen LogP contribution in [-0.2, 0) is 11.2 Å². The fraction of sp³-hybridized carbons (Fsp3) is 0.500. The lowest BCUT2D eigenvalue weighted by molar-refractivity contribution is -0.134. The number of hydrogen-bond donors (Lipinski definition) is 1. The van der Waals surface area contributed by atoms with Gasteiger partial charge in [-0.25, -0.2) is 0 Å². The molecule has 1 saturated heterocycles. The van der Waals surface area contributed by atoms with E-state index in [1.54, 1.807) is 0 Å². The van der Waals surface area contributed by atoms with Gasteiger partial charge in [-0.3, -0.25) is 9.69 Å². The number of benzene rings is 2. The number of β-amino-alcohol motifs (C(OH)–C–C–N with tert-alkyl or cyclic N) is 1. The summed E-state index contributed by atoms with van der Waals surface area (Å²) in [6.07, 6.45) is 2.03. The summed E-state index contributed by atoms with van der Waals surface area (Å²) in [7, 11) is 0. The molecule has 2 atom stereocenters. The summed E-state index contributed by atoms with van der Waals surface area (Å²) in [6.45, 7) is 7.07. The molecule has 26 heavy (non-hydrogen) atoms.